The molecule has 6 rings (SSSR count). The number of aryl methyl sites for hydroxylation is 1. The average molecular weight is 694 g/mol. The maximum Gasteiger partial charge on any atom is 0.490 e. The number of nitrogens with zero attached hydrogens (tertiary/aromatic N) is 2. The summed E-state index contributed by atoms with van der Waals surface area (Å²) in [4.78, 5) is 18.9. The number of halogens is 3. The van der Waals surface area contributed by atoms with E-state index in [1.807, 2.05) is 54.6 Å². The molecule has 4 aromatic carbocycles. The highest BCUT2D eigenvalue weighted by atomic mass is 32.2. The lowest BCUT2D eigenvalue weighted by Crippen LogP contribution is -2.32. The number of alkyl halides is 3. The number of fused-ring (bicyclic) bond motifs is 2. The molecule has 0 saturated heterocycles. The molecule has 1 aromatic heterocycles. The van der Waals surface area contributed by atoms with Crippen LogP contribution in [0.4, 0.5) is 30.6 Å². The molecule has 0 aliphatic heterocycles. The number of benzene rings is 4. The molecule has 0 unspecified atom stereocenters. The van der Waals surface area contributed by atoms with Crippen molar-refractivity contribution in [2.45, 2.75) is 50.1 Å². The van der Waals surface area contributed by atoms with Crippen molar-refractivity contribution in [3.8, 4) is 0 Å². The first-order chi connectivity index (χ1) is 23.4. The predicted octanol–water partition coefficient (Wildman–Crippen LogP) is 7.92. The summed E-state index contributed by atoms with van der Waals surface area (Å²) in [5.41, 5.74) is 3.19. The molecule has 0 atom stereocenters. The van der Waals surface area contributed by atoms with Crippen LogP contribution < -0.4 is 15.4 Å². The van der Waals surface area contributed by atoms with E-state index in [1.54, 1.807) is 12.1 Å². The largest absolute Gasteiger partial charge is 0.490 e. The summed E-state index contributed by atoms with van der Waals surface area (Å²) in [7, 11) is -3.58. The van der Waals surface area contributed by atoms with Gasteiger partial charge in [-0.15, -0.1) is 0 Å². The Balaban J connectivity index is 0.000000606. The Labute approximate surface area is 283 Å². The number of hydrogen-bond donors (Lipinski definition) is 4. The minimum absolute atomic E-state index is 0.331. The molecular formula is C36H38F3N5O4S. The first kappa shape index (κ1) is 35.6. The van der Waals surface area contributed by atoms with Crippen LogP contribution in [0.1, 0.15) is 38.2 Å². The van der Waals surface area contributed by atoms with Crippen LogP contribution in [0.3, 0.4) is 0 Å². The van der Waals surface area contributed by atoms with Crippen molar-refractivity contribution >= 4 is 55.1 Å². The van der Waals surface area contributed by atoms with Gasteiger partial charge in [0.2, 0.25) is 16.0 Å². The number of para-hydroxylation sites is 1. The maximum absolute atomic E-state index is 13.1. The summed E-state index contributed by atoms with van der Waals surface area (Å²) >= 11 is 0. The van der Waals surface area contributed by atoms with E-state index in [9.17, 15) is 21.6 Å². The number of aromatic nitrogens is 2. The van der Waals surface area contributed by atoms with Crippen molar-refractivity contribution in [3.05, 3.63) is 96.6 Å². The standard InChI is InChI=1S/C34H37N5O2S.C2HF3O2/c1-2-24-18-20-28(21-19-24)37-33-30-11-5-6-12-31(30)38-34(39-33)35-22-25-14-16-26(17-15-25)23-36-42(40,41)32-13-7-9-27-8-3-4-10-29(27)32;3-2(4,5)1(6)7/h3-13,18-21,25-26,36H,2,14-17,22-23H2,1H3,(H2,35,37,38,39);(H,6,7). The van der Waals surface area contributed by atoms with Gasteiger partial charge in [-0.3, -0.25) is 0 Å². The van der Waals surface area contributed by atoms with Gasteiger partial charge in [-0.1, -0.05) is 67.6 Å². The molecule has 0 radical (unpaired) electrons. The third kappa shape index (κ3) is 9.45. The summed E-state index contributed by atoms with van der Waals surface area (Å²) < 4.78 is 60.9. The first-order valence-electron chi connectivity index (χ1n) is 16.1. The summed E-state index contributed by atoms with van der Waals surface area (Å²) in [6.07, 6.45) is -0.0211. The molecule has 1 saturated carbocycles. The first-order valence-corrected chi connectivity index (χ1v) is 17.6. The van der Waals surface area contributed by atoms with Crippen molar-refractivity contribution in [1.82, 2.24) is 14.7 Å². The predicted molar refractivity (Wildman–Crippen MR) is 185 cm³/mol. The van der Waals surface area contributed by atoms with Gasteiger partial charge in [0.25, 0.3) is 0 Å². The zero-order valence-corrected chi connectivity index (χ0v) is 27.7. The number of anilines is 3. The highest BCUT2D eigenvalue weighted by molar-refractivity contribution is 7.89. The van der Waals surface area contributed by atoms with Crippen LogP contribution in [0.25, 0.3) is 21.7 Å². The Kier molecular flexibility index (Phi) is 11.4. The summed E-state index contributed by atoms with van der Waals surface area (Å²) in [6.45, 7) is 3.41. The molecule has 5 aromatic rings. The van der Waals surface area contributed by atoms with E-state index < -0.39 is 22.2 Å². The zero-order valence-electron chi connectivity index (χ0n) is 26.9. The number of nitrogens with one attached hydrogen (secondary N) is 3. The zero-order chi connectivity index (χ0) is 35.0. The summed E-state index contributed by atoms with van der Waals surface area (Å²) in [6, 6.07) is 29.5. The molecule has 49 heavy (non-hydrogen) atoms. The second-order valence-electron chi connectivity index (χ2n) is 12.0. The SMILES string of the molecule is CCc1ccc(Nc2nc(NCC3CCC(CNS(=O)(=O)c4cccc5ccccc45)CC3)nc3ccccc23)cc1.O=C(O)C(F)(F)F. The molecular weight excluding hydrogens is 655 g/mol. The fourth-order valence-electron chi connectivity index (χ4n) is 5.82. The van der Waals surface area contributed by atoms with Crippen molar-refractivity contribution in [3.63, 3.8) is 0 Å². The molecule has 0 amide bonds. The molecule has 4 N–H and O–H groups in total. The van der Waals surface area contributed by atoms with E-state index in [0.717, 1.165) is 71.8 Å². The van der Waals surface area contributed by atoms with E-state index in [2.05, 4.69) is 46.5 Å². The van der Waals surface area contributed by atoms with Gasteiger partial charge in [0.05, 0.1) is 10.4 Å². The average Bonchev–Trinajstić information content (AvgIpc) is 3.10. The minimum atomic E-state index is -5.08. The van der Waals surface area contributed by atoms with E-state index in [1.165, 1.54) is 5.56 Å². The van der Waals surface area contributed by atoms with E-state index in [0.29, 0.717) is 29.2 Å². The van der Waals surface area contributed by atoms with Crippen LogP contribution in [-0.4, -0.2) is 48.7 Å². The van der Waals surface area contributed by atoms with Gasteiger partial charge in [-0.05, 0) is 85.2 Å². The normalized spacial score (nSPS) is 16.5. The Bertz CT molecular complexity index is 1990. The molecule has 0 spiro atoms. The molecule has 0 bridgehead atoms. The molecule has 1 aliphatic carbocycles. The second kappa shape index (κ2) is 15.6. The molecule has 1 heterocycles. The van der Waals surface area contributed by atoms with Gasteiger partial charge < -0.3 is 15.7 Å². The van der Waals surface area contributed by atoms with E-state index in [-0.39, 0.29) is 0 Å². The van der Waals surface area contributed by atoms with Gasteiger partial charge in [0.15, 0.2) is 0 Å². The van der Waals surface area contributed by atoms with Gasteiger partial charge in [-0.25, -0.2) is 22.9 Å². The topological polar surface area (TPSA) is 133 Å². The van der Waals surface area contributed by atoms with Crippen LogP contribution in [0.15, 0.2) is 95.9 Å². The minimum Gasteiger partial charge on any atom is -0.475 e. The van der Waals surface area contributed by atoms with Gasteiger partial charge in [-0.2, -0.15) is 18.2 Å². The van der Waals surface area contributed by atoms with Crippen LogP contribution in [0.5, 0.6) is 0 Å². The lowest BCUT2D eigenvalue weighted by atomic mass is 9.82. The highest BCUT2D eigenvalue weighted by Crippen LogP contribution is 2.31. The number of carboxylic acids is 1. The molecule has 258 valence electrons. The van der Waals surface area contributed by atoms with E-state index >= 15 is 0 Å². The number of hydrogen-bond acceptors (Lipinski definition) is 7. The molecule has 9 nitrogen and oxygen atoms in total. The molecule has 13 heteroatoms. The van der Waals surface area contributed by atoms with Gasteiger partial charge >= 0.3 is 12.1 Å². The van der Waals surface area contributed by atoms with Crippen LogP contribution in [-0.2, 0) is 21.2 Å². The Hall–Kier alpha value is -4.75. The summed E-state index contributed by atoms with van der Waals surface area (Å²) in [5.74, 6) is -0.532. The van der Waals surface area contributed by atoms with Crippen molar-refractivity contribution in [1.29, 1.82) is 0 Å². The quantitative estimate of drug-likeness (QED) is 0.116. The third-order valence-electron chi connectivity index (χ3n) is 8.59. The lowest BCUT2D eigenvalue weighted by Gasteiger charge is -2.28. The van der Waals surface area contributed by atoms with Gasteiger partial charge in [0, 0.05) is 29.5 Å². The Morgan fingerprint density at radius 2 is 1.41 bits per heavy atom. The number of sulfonamides is 1. The van der Waals surface area contributed by atoms with Crippen LogP contribution in [0.2, 0.25) is 0 Å². The lowest BCUT2D eigenvalue weighted by molar-refractivity contribution is -0.192. The number of rotatable bonds is 10. The monoisotopic (exact) mass is 693 g/mol. The van der Waals surface area contributed by atoms with Crippen LogP contribution >= 0.6 is 0 Å². The number of carboxylic acid groups (broad SMARTS) is 1. The second-order valence-corrected chi connectivity index (χ2v) is 13.7. The van der Waals surface area contributed by atoms with Crippen molar-refractivity contribution in [2.75, 3.05) is 23.7 Å². The maximum atomic E-state index is 13.1. The summed E-state index contributed by atoms with van der Waals surface area (Å²) in [5, 5.41) is 16.8. The van der Waals surface area contributed by atoms with Gasteiger partial charge in [0.1, 0.15) is 5.82 Å². The van der Waals surface area contributed by atoms with Crippen molar-refractivity contribution in [2.24, 2.45) is 11.8 Å². The van der Waals surface area contributed by atoms with Crippen molar-refractivity contribution < 1.29 is 31.5 Å². The fraction of sp³-hybridized carbons (Fsp3) is 0.306. The number of aliphatic carboxylic acids is 1. The number of carbonyl (C=O) groups is 1. The molecule has 1 fully saturated rings. The highest BCUT2D eigenvalue weighted by Gasteiger charge is 2.38. The Morgan fingerprint density at radius 3 is 2.06 bits per heavy atom. The van der Waals surface area contributed by atoms with E-state index in [4.69, 9.17) is 19.9 Å². The third-order valence-corrected chi connectivity index (χ3v) is 10.1. The Morgan fingerprint density at radius 1 is 0.816 bits per heavy atom. The van der Waals surface area contributed by atoms with Crippen LogP contribution in [0, 0.1) is 11.8 Å². The fourth-order valence-corrected chi connectivity index (χ4v) is 7.17. The smallest absolute Gasteiger partial charge is 0.475 e. The molecule has 1 aliphatic rings.